The van der Waals surface area contributed by atoms with Crippen LogP contribution in [0.4, 0.5) is 11.4 Å². The van der Waals surface area contributed by atoms with E-state index < -0.39 is 20.0 Å². The van der Waals surface area contributed by atoms with Crippen molar-refractivity contribution in [3.05, 3.63) is 54.9 Å². The molecule has 1 fully saturated rings. The number of hydrogen-bond donors (Lipinski definition) is 1. The van der Waals surface area contributed by atoms with Gasteiger partial charge in [-0.3, -0.25) is 9.03 Å². The van der Waals surface area contributed by atoms with Gasteiger partial charge in [0.25, 0.3) is 10.0 Å². The van der Waals surface area contributed by atoms with Crippen molar-refractivity contribution in [3.63, 3.8) is 0 Å². The molecule has 9 nitrogen and oxygen atoms in total. The lowest BCUT2D eigenvalue weighted by Crippen LogP contribution is -2.25. The Kier molecular flexibility index (Phi) is 4.79. The summed E-state index contributed by atoms with van der Waals surface area (Å²) in [6.07, 6.45) is 2.09. The van der Waals surface area contributed by atoms with Gasteiger partial charge in [0.1, 0.15) is 6.33 Å². The summed E-state index contributed by atoms with van der Waals surface area (Å²) >= 11 is 0. The van der Waals surface area contributed by atoms with E-state index in [1.807, 2.05) is 0 Å². The SMILES string of the molecule is Cn1cnnc1-c1ccccc1NS(=O)(=O)c1ccc(N2CCCS2(=O)=O)cc1. The molecule has 0 radical (unpaired) electrons. The Morgan fingerprint density at radius 2 is 1.79 bits per heavy atom. The van der Waals surface area contributed by atoms with Crippen LogP contribution in [0.2, 0.25) is 0 Å². The number of aryl methyl sites for hydroxylation is 1. The number of para-hydroxylation sites is 1. The summed E-state index contributed by atoms with van der Waals surface area (Å²) in [5, 5.41) is 7.87. The van der Waals surface area contributed by atoms with Gasteiger partial charge in [-0.25, -0.2) is 16.8 Å². The van der Waals surface area contributed by atoms with Crippen LogP contribution in [-0.4, -0.2) is 43.9 Å². The van der Waals surface area contributed by atoms with Gasteiger partial charge in [0, 0.05) is 19.2 Å². The monoisotopic (exact) mass is 433 g/mol. The van der Waals surface area contributed by atoms with Crippen LogP contribution < -0.4 is 9.03 Å². The van der Waals surface area contributed by atoms with Crippen LogP contribution >= 0.6 is 0 Å². The van der Waals surface area contributed by atoms with E-state index in [1.165, 1.54) is 34.9 Å². The first kappa shape index (κ1) is 19.4. The molecule has 4 rings (SSSR count). The first-order valence-corrected chi connectivity index (χ1v) is 11.9. The maximum Gasteiger partial charge on any atom is 0.261 e. The van der Waals surface area contributed by atoms with Gasteiger partial charge in [-0.1, -0.05) is 12.1 Å². The molecule has 1 N–H and O–H groups in total. The Morgan fingerprint density at radius 3 is 2.41 bits per heavy atom. The fraction of sp³-hybridized carbons (Fsp3) is 0.222. The number of rotatable bonds is 5. The molecular formula is C18H19N5O4S2. The minimum absolute atomic E-state index is 0.0330. The smallest absolute Gasteiger partial charge is 0.261 e. The van der Waals surface area contributed by atoms with Crippen LogP contribution in [-0.2, 0) is 27.1 Å². The predicted molar refractivity (Wildman–Crippen MR) is 109 cm³/mol. The molecule has 0 spiro atoms. The average Bonchev–Trinajstić information content (AvgIpc) is 3.26. The zero-order valence-electron chi connectivity index (χ0n) is 15.6. The van der Waals surface area contributed by atoms with E-state index >= 15 is 0 Å². The van der Waals surface area contributed by atoms with Gasteiger partial charge in [-0.15, -0.1) is 10.2 Å². The van der Waals surface area contributed by atoms with Gasteiger partial charge in [0.05, 0.1) is 22.0 Å². The Bertz CT molecular complexity index is 1250. The molecule has 0 atom stereocenters. The van der Waals surface area contributed by atoms with Crippen molar-refractivity contribution in [2.45, 2.75) is 11.3 Å². The van der Waals surface area contributed by atoms with E-state index in [0.717, 1.165) is 0 Å². The Balaban J connectivity index is 1.63. The Hall–Kier alpha value is -2.92. The van der Waals surface area contributed by atoms with E-state index in [-0.39, 0.29) is 10.6 Å². The summed E-state index contributed by atoms with van der Waals surface area (Å²) in [6.45, 7) is 0.401. The number of sulfonamides is 2. The second-order valence-electron chi connectivity index (χ2n) is 6.65. The summed E-state index contributed by atoms with van der Waals surface area (Å²) in [6, 6.07) is 12.7. The standard InChI is InChI=1S/C18H19N5O4S2/c1-22-13-19-20-18(22)16-5-2-3-6-17(16)21-29(26,27)15-9-7-14(8-10-15)23-11-4-12-28(23,24)25/h2-3,5-10,13,21H,4,11-12H2,1H3. The minimum atomic E-state index is -3.88. The van der Waals surface area contributed by atoms with Crippen LogP contribution in [0.15, 0.2) is 59.8 Å². The average molecular weight is 434 g/mol. The molecule has 0 aliphatic carbocycles. The topological polar surface area (TPSA) is 114 Å². The first-order chi connectivity index (χ1) is 13.8. The Labute approximate surface area is 169 Å². The van der Waals surface area contributed by atoms with Gasteiger partial charge < -0.3 is 4.57 Å². The van der Waals surface area contributed by atoms with E-state index in [9.17, 15) is 16.8 Å². The predicted octanol–water partition coefficient (Wildman–Crippen LogP) is 1.82. The number of hydrogen-bond acceptors (Lipinski definition) is 6. The third-order valence-corrected chi connectivity index (χ3v) is 7.91. The highest BCUT2D eigenvalue weighted by Gasteiger charge is 2.28. The summed E-state index contributed by atoms with van der Waals surface area (Å²) < 4.78 is 55.4. The van der Waals surface area contributed by atoms with Crippen molar-refractivity contribution < 1.29 is 16.8 Å². The summed E-state index contributed by atoms with van der Waals surface area (Å²) in [4.78, 5) is 0.0330. The molecular weight excluding hydrogens is 414 g/mol. The van der Waals surface area contributed by atoms with Gasteiger partial charge in [-0.05, 0) is 42.8 Å². The molecule has 1 aliphatic heterocycles. The van der Waals surface area contributed by atoms with Crippen molar-refractivity contribution in [3.8, 4) is 11.4 Å². The second-order valence-corrected chi connectivity index (χ2v) is 10.3. The highest BCUT2D eigenvalue weighted by molar-refractivity contribution is 7.93. The molecule has 0 unspecified atom stereocenters. The summed E-state index contributed by atoms with van der Waals surface area (Å²) in [7, 11) is -5.43. The zero-order valence-corrected chi connectivity index (χ0v) is 17.2. The highest BCUT2D eigenvalue weighted by Crippen LogP contribution is 2.29. The molecule has 1 aliphatic rings. The molecule has 29 heavy (non-hydrogen) atoms. The van der Waals surface area contributed by atoms with E-state index in [2.05, 4.69) is 14.9 Å². The fourth-order valence-electron chi connectivity index (χ4n) is 3.22. The molecule has 0 saturated carbocycles. The van der Waals surface area contributed by atoms with Crippen molar-refractivity contribution in [2.24, 2.45) is 7.05 Å². The molecule has 2 aromatic carbocycles. The van der Waals surface area contributed by atoms with Gasteiger partial charge in [0.15, 0.2) is 5.82 Å². The summed E-state index contributed by atoms with van der Waals surface area (Å²) in [5.74, 6) is 0.630. The molecule has 2 heterocycles. The molecule has 0 amide bonds. The third kappa shape index (κ3) is 3.70. The quantitative estimate of drug-likeness (QED) is 0.656. The van der Waals surface area contributed by atoms with Gasteiger partial charge in [0.2, 0.25) is 10.0 Å². The molecule has 11 heteroatoms. The number of nitrogens with one attached hydrogen (secondary N) is 1. The molecule has 1 aromatic heterocycles. The van der Waals surface area contributed by atoms with Crippen molar-refractivity contribution in [1.29, 1.82) is 0 Å². The number of anilines is 2. The van der Waals surface area contributed by atoms with Crippen LogP contribution in [0, 0.1) is 0 Å². The number of nitrogens with zero attached hydrogens (tertiary/aromatic N) is 4. The third-order valence-electron chi connectivity index (χ3n) is 4.66. The summed E-state index contributed by atoms with van der Waals surface area (Å²) in [5.41, 5.74) is 1.42. The minimum Gasteiger partial charge on any atom is -0.317 e. The van der Waals surface area contributed by atoms with Crippen molar-refractivity contribution in [1.82, 2.24) is 14.8 Å². The zero-order chi connectivity index (χ0) is 20.6. The Morgan fingerprint density at radius 1 is 1.07 bits per heavy atom. The number of benzene rings is 2. The lowest BCUT2D eigenvalue weighted by atomic mass is 10.2. The van der Waals surface area contributed by atoms with Crippen LogP contribution in [0.25, 0.3) is 11.4 Å². The lowest BCUT2D eigenvalue weighted by Gasteiger charge is -2.17. The number of aromatic nitrogens is 3. The lowest BCUT2D eigenvalue weighted by molar-refractivity contribution is 0.599. The highest BCUT2D eigenvalue weighted by atomic mass is 32.2. The van der Waals surface area contributed by atoms with Crippen LogP contribution in [0.5, 0.6) is 0 Å². The fourth-order valence-corrected chi connectivity index (χ4v) is 5.86. The van der Waals surface area contributed by atoms with E-state index in [0.29, 0.717) is 35.7 Å². The maximum atomic E-state index is 12.9. The normalized spacial score (nSPS) is 16.1. The molecule has 0 bridgehead atoms. The largest absolute Gasteiger partial charge is 0.317 e. The molecule has 1 saturated heterocycles. The second kappa shape index (κ2) is 7.16. The van der Waals surface area contributed by atoms with E-state index in [4.69, 9.17) is 0 Å². The van der Waals surface area contributed by atoms with Crippen LogP contribution in [0.3, 0.4) is 0 Å². The van der Waals surface area contributed by atoms with Crippen molar-refractivity contribution >= 4 is 31.4 Å². The van der Waals surface area contributed by atoms with Crippen LogP contribution in [0.1, 0.15) is 6.42 Å². The van der Waals surface area contributed by atoms with Gasteiger partial charge >= 0.3 is 0 Å². The van der Waals surface area contributed by atoms with E-state index in [1.54, 1.807) is 35.9 Å². The first-order valence-electron chi connectivity index (χ1n) is 8.85. The molecule has 3 aromatic rings. The van der Waals surface area contributed by atoms with Gasteiger partial charge in [-0.2, -0.15) is 0 Å². The maximum absolute atomic E-state index is 12.9. The molecule has 152 valence electrons. The van der Waals surface area contributed by atoms with Crippen molar-refractivity contribution in [2.75, 3.05) is 21.3 Å².